The van der Waals surface area contributed by atoms with Gasteiger partial charge >= 0.3 is 5.69 Å². The molecule has 1 saturated heterocycles. The molecule has 1 aromatic carbocycles. The standard InChI is InChI=1S/C17H24N2O4/c1-2-6-16(20)14-7-8-17(15(13-14)19(21)22)23-12-11-18-9-4-3-5-10-18/h7-8,13H,2-6,9-12H2,1H3. The van der Waals surface area contributed by atoms with Crippen molar-refractivity contribution in [2.75, 3.05) is 26.2 Å². The van der Waals surface area contributed by atoms with Crippen LogP contribution in [0.3, 0.4) is 0 Å². The molecule has 6 heteroatoms. The number of carbonyl (C=O) groups excluding carboxylic acids is 1. The van der Waals surface area contributed by atoms with Gasteiger partial charge in [-0.15, -0.1) is 0 Å². The highest BCUT2D eigenvalue weighted by atomic mass is 16.6. The molecule has 1 aliphatic rings. The van der Waals surface area contributed by atoms with Crippen molar-refractivity contribution in [3.8, 4) is 5.75 Å². The molecule has 0 unspecified atom stereocenters. The van der Waals surface area contributed by atoms with E-state index in [1.807, 2.05) is 6.92 Å². The highest BCUT2D eigenvalue weighted by Gasteiger charge is 2.19. The minimum Gasteiger partial charge on any atom is -0.485 e. The molecule has 0 amide bonds. The first-order valence-electron chi connectivity index (χ1n) is 8.28. The molecule has 1 fully saturated rings. The summed E-state index contributed by atoms with van der Waals surface area (Å²) in [7, 11) is 0. The second-order valence-electron chi connectivity index (χ2n) is 5.86. The molecule has 0 saturated carbocycles. The van der Waals surface area contributed by atoms with E-state index < -0.39 is 4.92 Å². The van der Waals surface area contributed by atoms with Crippen molar-refractivity contribution in [2.24, 2.45) is 0 Å². The van der Waals surface area contributed by atoms with Gasteiger partial charge in [0.25, 0.3) is 0 Å². The van der Waals surface area contributed by atoms with E-state index in [0.29, 0.717) is 18.6 Å². The van der Waals surface area contributed by atoms with Crippen molar-refractivity contribution in [2.45, 2.75) is 39.0 Å². The summed E-state index contributed by atoms with van der Waals surface area (Å²) in [6.45, 7) is 5.23. The normalized spacial score (nSPS) is 15.3. The summed E-state index contributed by atoms with van der Waals surface area (Å²) in [5, 5.41) is 11.2. The number of rotatable bonds is 8. The maximum absolute atomic E-state index is 11.9. The van der Waals surface area contributed by atoms with Crippen LogP contribution in [0, 0.1) is 10.1 Å². The van der Waals surface area contributed by atoms with Gasteiger partial charge in [0.05, 0.1) is 4.92 Å². The number of hydrogen-bond donors (Lipinski definition) is 0. The van der Waals surface area contributed by atoms with Crippen LogP contribution < -0.4 is 4.74 Å². The molecular weight excluding hydrogens is 296 g/mol. The van der Waals surface area contributed by atoms with Gasteiger partial charge in [0, 0.05) is 24.6 Å². The largest absolute Gasteiger partial charge is 0.485 e. The molecule has 0 N–H and O–H groups in total. The number of Topliss-reactive ketones (excluding diaryl/α,β-unsaturated/α-hetero) is 1. The molecule has 0 radical (unpaired) electrons. The Morgan fingerprint density at radius 2 is 2.04 bits per heavy atom. The minimum atomic E-state index is -0.487. The summed E-state index contributed by atoms with van der Waals surface area (Å²) in [5.41, 5.74) is 0.243. The second-order valence-corrected chi connectivity index (χ2v) is 5.86. The zero-order valence-corrected chi connectivity index (χ0v) is 13.6. The zero-order valence-electron chi connectivity index (χ0n) is 13.6. The van der Waals surface area contributed by atoms with Crippen LogP contribution in [0.25, 0.3) is 0 Å². The Morgan fingerprint density at radius 1 is 1.30 bits per heavy atom. The molecule has 6 nitrogen and oxygen atoms in total. The van der Waals surface area contributed by atoms with Crippen LogP contribution in [-0.4, -0.2) is 41.8 Å². The third-order valence-electron chi connectivity index (χ3n) is 4.07. The van der Waals surface area contributed by atoms with Gasteiger partial charge in [-0.05, 0) is 44.5 Å². The van der Waals surface area contributed by atoms with E-state index in [9.17, 15) is 14.9 Å². The lowest BCUT2D eigenvalue weighted by Gasteiger charge is -2.26. The number of likely N-dealkylation sites (tertiary alicyclic amines) is 1. The van der Waals surface area contributed by atoms with Crippen LogP contribution >= 0.6 is 0 Å². The number of carbonyl (C=O) groups is 1. The van der Waals surface area contributed by atoms with Gasteiger partial charge in [-0.3, -0.25) is 19.8 Å². The first-order chi connectivity index (χ1) is 11.1. The van der Waals surface area contributed by atoms with E-state index >= 15 is 0 Å². The number of hydrogen-bond acceptors (Lipinski definition) is 5. The molecule has 0 spiro atoms. The van der Waals surface area contributed by atoms with E-state index in [0.717, 1.165) is 26.1 Å². The number of benzene rings is 1. The molecule has 0 aromatic heterocycles. The maximum Gasteiger partial charge on any atom is 0.311 e. The van der Waals surface area contributed by atoms with Crippen LogP contribution in [0.2, 0.25) is 0 Å². The van der Waals surface area contributed by atoms with E-state index in [1.165, 1.54) is 31.4 Å². The number of ketones is 1. The quantitative estimate of drug-likeness (QED) is 0.417. The SMILES string of the molecule is CCCC(=O)c1ccc(OCCN2CCCCC2)c([N+](=O)[O-])c1. The van der Waals surface area contributed by atoms with Crippen LogP contribution in [0.15, 0.2) is 18.2 Å². The summed E-state index contributed by atoms with van der Waals surface area (Å²) in [6.07, 6.45) is 4.80. The average Bonchev–Trinajstić information content (AvgIpc) is 2.56. The summed E-state index contributed by atoms with van der Waals surface area (Å²) in [4.78, 5) is 24.9. The molecule has 2 rings (SSSR count). The number of nitro benzene ring substituents is 1. The monoisotopic (exact) mass is 320 g/mol. The molecule has 0 bridgehead atoms. The van der Waals surface area contributed by atoms with Crippen LogP contribution in [0.4, 0.5) is 5.69 Å². The molecule has 23 heavy (non-hydrogen) atoms. The molecule has 0 aliphatic carbocycles. The fourth-order valence-electron chi connectivity index (χ4n) is 2.79. The Morgan fingerprint density at radius 3 is 2.70 bits per heavy atom. The lowest BCUT2D eigenvalue weighted by Crippen LogP contribution is -2.33. The van der Waals surface area contributed by atoms with Gasteiger partial charge in [-0.1, -0.05) is 13.3 Å². The molecule has 0 atom stereocenters. The molecule has 1 aliphatic heterocycles. The van der Waals surface area contributed by atoms with Crippen molar-refractivity contribution in [3.63, 3.8) is 0 Å². The minimum absolute atomic E-state index is 0.0736. The Kier molecular flexibility index (Phi) is 6.52. The van der Waals surface area contributed by atoms with Gasteiger partial charge in [-0.2, -0.15) is 0 Å². The van der Waals surface area contributed by atoms with Crippen molar-refractivity contribution >= 4 is 11.5 Å². The lowest BCUT2D eigenvalue weighted by molar-refractivity contribution is -0.385. The molecule has 126 valence electrons. The van der Waals surface area contributed by atoms with E-state index in [-0.39, 0.29) is 17.2 Å². The molecular formula is C17H24N2O4. The van der Waals surface area contributed by atoms with Gasteiger partial charge in [-0.25, -0.2) is 0 Å². The topological polar surface area (TPSA) is 72.7 Å². The Labute approximate surface area is 136 Å². The Bertz CT molecular complexity index is 554. The van der Waals surface area contributed by atoms with Crippen molar-refractivity contribution in [3.05, 3.63) is 33.9 Å². The predicted octanol–water partition coefficient (Wildman–Crippen LogP) is 3.44. The third kappa shape index (κ3) is 5.03. The van der Waals surface area contributed by atoms with Gasteiger partial charge < -0.3 is 4.74 Å². The summed E-state index contributed by atoms with van der Waals surface area (Å²) >= 11 is 0. The first-order valence-corrected chi connectivity index (χ1v) is 8.28. The predicted molar refractivity (Wildman–Crippen MR) is 88.1 cm³/mol. The number of piperidine rings is 1. The third-order valence-corrected chi connectivity index (χ3v) is 4.07. The maximum atomic E-state index is 11.9. The number of ether oxygens (including phenoxy) is 1. The Hall–Kier alpha value is -1.95. The summed E-state index contributed by atoms with van der Waals surface area (Å²) in [6, 6.07) is 4.48. The molecule has 1 heterocycles. The Balaban J connectivity index is 1.99. The lowest BCUT2D eigenvalue weighted by atomic mass is 10.1. The van der Waals surface area contributed by atoms with E-state index in [1.54, 1.807) is 6.07 Å². The van der Waals surface area contributed by atoms with Gasteiger partial charge in [0.2, 0.25) is 0 Å². The zero-order chi connectivity index (χ0) is 16.7. The van der Waals surface area contributed by atoms with Crippen molar-refractivity contribution in [1.82, 2.24) is 4.90 Å². The first kappa shape index (κ1) is 17.4. The van der Waals surface area contributed by atoms with Crippen LogP contribution in [-0.2, 0) is 0 Å². The van der Waals surface area contributed by atoms with E-state index in [4.69, 9.17) is 4.74 Å². The highest BCUT2D eigenvalue weighted by molar-refractivity contribution is 5.96. The summed E-state index contributed by atoms with van der Waals surface area (Å²) in [5.74, 6) is 0.163. The van der Waals surface area contributed by atoms with E-state index in [2.05, 4.69) is 4.90 Å². The van der Waals surface area contributed by atoms with Crippen molar-refractivity contribution in [1.29, 1.82) is 0 Å². The second kappa shape index (κ2) is 8.62. The summed E-state index contributed by atoms with van der Waals surface area (Å²) < 4.78 is 5.60. The molecule has 1 aromatic rings. The highest BCUT2D eigenvalue weighted by Crippen LogP contribution is 2.28. The van der Waals surface area contributed by atoms with Gasteiger partial charge in [0.1, 0.15) is 6.61 Å². The van der Waals surface area contributed by atoms with Crippen molar-refractivity contribution < 1.29 is 14.5 Å². The smallest absolute Gasteiger partial charge is 0.311 e. The number of nitro groups is 1. The van der Waals surface area contributed by atoms with Gasteiger partial charge in [0.15, 0.2) is 11.5 Å². The van der Waals surface area contributed by atoms with Crippen LogP contribution in [0.5, 0.6) is 5.75 Å². The average molecular weight is 320 g/mol. The number of nitrogens with zero attached hydrogens (tertiary/aromatic N) is 2. The fourth-order valence-corrected chi connectivity index (χ4v) is 2.79. The van der Waals surface area contributed by atoms with Crippen LogP contribution in [0.1, 0.15) is 49.4 Å². The fraction of sp³-hybridized carbons (Fsp3) is 0.588.